The minimum atomic E-state index is 0.408. The number of aromatic nitrogens is 1. The standard InChI is InChI=1S/C13H19N3S/c1-9(2)8-16(11-4-5-11)12-6-3-10(7-15-12)13(14)17/h3,6-7,9,11H,4-5,8H2,1-2H3,(H2,14,17). The van der Waals surface area contributed by atoms with Gasteiger partial charge in [-0.1, -0.05) is 26.1 Å². The Morgan fingerprint density at radius 2 is 2.24 bits per heavy atom. The van der Waals surface area contributed by atoms with Crippen LogP contribution in [0.15, 0.2) is 18.3 Å². The number of anilines is 1. The van der Waals surface area contributed by atoms with Gasteiger partial charge in [0, 0.05) is 24.3 Å². The summed E-state index contributed by atoms with van der Waals surface area (Å²) in [6.45, 7) is 5.53. The average Bonchev–Trinajstić information content (AvgIpc) is 3.09. The van der Waals surface area contributed by atoms with Crippen molar-refractivity contribution in [2.24, 2.45) is 11.7 Å². The maximum absolute atomic E-state index is 5.57. The first-order valence-electron chi connectivity index (χ1n) is 6.10. The second-order valence-corrected chi connectivity index (χ2v) is 5.49. The molecule has 1 saturated carbocycles. The summed E-state index contributed by atoms with van der Waals surface area (Å²) in [5, 5.41) is 0. The van der Waals surface area contributed by atoms with Crippen LogP contribution in [0.1, 0.15) is 32.3 Å². The zero-order valence-corrected chi connectivity index (χ0v) is 11.2. The van der Waals surface area contributed by atoms with Crippen LogP contribution in [0.4, 0.5) is 5.82 Å². The van der Waals surface area contributed by atoms with Crippen LogP contribution in [0, 0.1) is 5.92 Å². The maximum atomic E-state index is 5.57. The van der Waals surface area contributed by atoms with Gasteiger partial charge in [0.2, 0.25) is 0 Å². The topological polar surface area (TPSA) is 42.1 Å². The molecule has 0 saturated heterocycles. The van der Waals surface area contributed by atoms with E-state index in [1.165, 1.54) is 12.8 Å². The molecule has 3 nitrogen and oxygen atoms in total. The lowest BCUT2D eigenvalue weighted by molar-refractivity contribution is 0.603. The Morgan fingerprint density at radius 3 is 2.65 bits per heavy atom. The van der Waals surface area contributed by atoms with E-state index in [1.54, 1.807) is 6.20 Å². The van der Waals surface area contributed by atoms with E-state index in [-0.39, 0.29) is 0 Å². The van der Waals surface area contributed by atoms with Gasteiger partial charge in [0.25, 0.3) is 0 Å². The zero-order valence-electron chi connectivity index (χ0n) is 10.4. The van der Waals surface area contributed by atoms with E-state index in [9.17, 15) is 0 Å². The number of rotatable bonds is 5. The Hall–Kier alpha value is -1.16. The number of nitrogens with two attached hydrogens (primary N) is 1. The first kappa shape index (κ1) is 12.3. The monoisotopic (exact) mass is 249 g/mol. The molecule has 2 rings (SSSR count). The molecule has 0 atom stereocenters. The molecule has 2 N–H and O–H groups in total. The molecule has 1 heterocycles. The van der Waals surface area contributed by atoms with Gasteiger partial charge in [0.05, 0.1) is 0 Å². The summed E-state index contributed by atoms with van der Waals surface area (Å²) in [5.74, 6) is 1.69. The maximum Gasteiger partial charge on any atom is 0.128 e. The molecule has 1 aliphatic carbocycles. The summed E-state index contributed by atoms with van der Waals surface area (Å²) in [5.41, 5.74) is 6.41. The Kier molecular flexibility index (Phi) is 3.62. The summed E-state index contributed by atoms with van der Waals surface area (Å²) in [4.78, 5) is 7.28. The Balaban J connectivity index is 2.15. The van der Waals surface area contributed by atoms with Gasteiger partial charge in [-0.2, -0.15) is 0 Å². The molecule has 17 heavy (non-hydrogen) atoms. The molecule has 1 fully saturated rings. The van der Waals surface area contributed by atoms with Crippen molar-refractivity contribution in [3.8, 4) is 0 Å². The lowest BCUT2D eigenvalue weighted by Gasteiger charge is -2.25. The van der Waals surface area contributed by atoms with Crippen molar-refractivity contribution in [3.05, 3.63) is 23.9 Å². The van der Waals surface area contributed by atoms with E-state index in [2.05, 4.69) is 23.7 Å². The zero-order chi connectivity index (χ0) is 12.4. The highest BCUT2D eigenvalue weighted by atomic mass is 32.1. The Labute approximate surface area is 108 Å². The fourth-order valence-electron chi connectivity index (χ4n) is 1.91. The highest BCUT2D eigenvalue weighted by molar-refractivity contribution is 7.80. The summed E-state index contributed by atoms with van der Waals surface area (Å²) in [7, 11) is 0. The Bertz CT molecular complexity index is 396. The predicted octanol–water partition coefficient (Wildman–Crippen LogP) is 2.34. The molecule has 1 aromatic rings. The van der Waals surface area contributed by atoms with Crippen LogP contribution in [-0.4, -0.2) is 22.6 Å². The molecule has 4 heteroatoms. The SMILES string of the molecule is CC(C)CN(c1ccc(C(N)=S)cn1)C1CC1. The highest BCUT2D eigenvalue weighted by Gasteiger charge is 2.30. The molecule has 0 aliphatic heterocycles. The molecule has 0 aromatic carbocycles. The summed E-state index contributed by atoms with van der Waals surface area (Å²) in [6, 6.07) is 4.66. The molecule has 0 spiro atoms. The summed E-state index contributed by atoms with van der Waals surface area (Å²) >= 11 is 4.93. The van der Waals surface area contributed by atoms with Gasteiger partial charge in [-0.05, 0) is 30.9 Å². The first-order valence-corrected chi connectivity index (χ1v) is 6.51. The minimum Gasteiger partial charge on any atom is -0.389 e. The van der Waals surface area contributed by atoms with Crippen LogP contribution in [0.25, 0.3) is 0 Å². The van der Waals surface area contributed by atoms with Crippen molar-refractivity contribution in [1.29, 1.82) is 0 Å². The molecule has 1 aliphatic rings. The number of hydrogen-bond donors (Lipinski definition) is 1. The normalized spacial score (nSPS) is 15.0. The lowest BCUT2D eigenvalue weighted by atomic mass is 10.2. The third kappa shape index (κ3) is 3.16. The molecule has 0 bridgehead atoms. The fraction of sp³-hybridized carbons (Fsp3) is 0.538. The predicted molar refractivity (Wildman–Crippen MR) is 75.3 cm³/mol. The van der Waals surface area contributed by atoms with E-state index in [1.807, 2.05) is 12.1 Å². The number of nitrogens with zero attached hydrogens (tertiary/aromatic N) is 2. The van der Waals surface area contributed by atoms with Gasteiger partial charge in [0.1, 0.15) is 10.8 Å². The minimum absolute atomic E-state index is 0.408. The van der Waals surface area contributed by atoms with Crippen molar-refractivity contribution in [3.63, 3.8) is 0 Å². The molecule has 0 amide bonds. The quantitative estimate of drug-likeness (QED) is 0.813. The van der Waals surface area contributed by atoms with Crippen LogP contribution in [0.2, 0.25) is 0 Å². The van der Waals surface area contributed by atoms with Crippen LogP contribution >= 0.6 is 12.2 Å². The smallest absolute Gasteiger partial charge is 0.128 e. The first-order chi connectivity index (χ1) is 8.08. The van der Waals surface area contributed by atoms with E-state index in [0.717, 1.165) is 17.9 Å². The molecular formula is C13H19N3S. The number of thiocarbonyl (C=S) groups is 1. The molecule has 1 aromatic heterocycles. The van der Waals surface area contributed by atoms with Gasteiger partial charge < -0.3 is 10.6 Å². The van der Waals surface area contributed by atoms with E-state index >= 15 is 0 Å². The number of hydrogen-bond acceptors (Lipinski definition) is 3. The van der Waals surface area contributed by atoms with Crippen molar-refractivity contribution >= 4 is 23.0 Å². The largest absolute Gasteiger partial charge is 0.389 e. The second-order valence-electron chi connectivity index (χ2n) is 5.05. The molecule has 0 radical (unpaired) electrons. The van der Waals surface area contributed by atoms with Crippen LogP contribution in [0.3, 0.4) is 0 Å². The second kappa shape index (κ2) is 5.00. The molecule has 0 unspecified atom stereocenters. The third-order valence-corrected chi connectivity index (χ3v) is 3.11. The highest BCUT2D eigenvalue weighted by Crippen LogP contribution is 2.31. The summed E-state index contributed by atoms with van der Waals surface area (Å²) < 4.78 is 0. The fourth-order valence-corrected chi connectivity index (χ4v) is 2.03. The molecule has 92 valence electrons. The Morgan fingerprint density at radius 1 is 1.53 bits per heavy atom. The average molecular weight is 249 g/mol. The van der Waals surface area contributed by atoms with Gasteiger partial charge in [0.15, 0.2) is 0 Å². The van der Waals surface area contributed by atoms with Gasteiger partial charge in [-0.3, -0.25) is 0 Å². The van der Waals surface area contributed by atoms with Crippen molar-refractivity contribution in [1.82, 2.24) is 4.98 Å². The van der Waals surface area contributed by atoms with Gasteiger partial charge in [-0.15, -0.1) is 0 Å². The van der Waals surface area contributed by atoms with Crippen LogP contribution in [0.5, 0.6) is 0 Å². The molecular weight excluding hydrogens is 230 g/mol. The van der Waals surface area contributed by atoms with Gasteiger partial charge >= 0.3 is 0 Å². The lowest BCUT2D eigenvalue weighted by Crippen LogP contribution is -2.30. The number of pyridine rings is 1. The van der Waals surface area contributed by atoms with Gasteiger partial charge in [-0.25, -0.2) is 4.98 Å². The van der Waals surface area contributed by atoms with Crippen LogP contribution in [-0.2, 0) is 0 Å². The van der Waals surface area contributed by atoms with Crippen molar-refractivity contribution in [2.75, 3.05) is 11.4 Å². The van der Waals surface area contributed by atoms with E-state index in [0.29, 0.717) is 16.9 Å². The van der Waals surface area contributed by atoms with E-state index in [4.69, 9.17) is 18.0 Å². The van der Waals surface area contributed by atoms with Crippen LogP contribution < -0.4 is 10.6 Å². The van der Waals surface area contributed by atoms with Crippen molar-refractivity contribution in [2.45, 2.75) is 32.7 Å². The van der Waals surface area contributed by atoms with E-state index < -0.39 is 0 Å². The van der Waals surface area contributed by atoms with Crippen molar-refractivity contribution < 1.29 is 0 Å². The third-order valence-electron chi connectivity index (χ3n) is 2.88. The summed E-state index contributed by atoms with van der Waals surface area (Å²) in [6.07, 6.45) is 4.34.